The Balaban J connectivity index is 2.01. The van der Waals surface area contributed by atoms with Crippen LogP contribution in [0.15, 0.2) is 42.5 Å². The fourth-order valence-electron chi connectivity index (χ4n) is 2.47. The summed E-state index contributed by atoms with van der Waals surface area (Å²) in [7, 11) is 0. The largest absolute Gasteiger partial charge is 0.508 e. The van der Waals surface area contributed by atoms with Gasteiger partial charge in [-0.3, -0.25) is 9.59 Å². The van der Waals surface area contributed by atoms with E-state index in [0.717, 1.165) is 10.5 Å². The molecule has 1 aliphatic heterocycles. The van der Waals surface area contributed by atoms with E-state index in [9.17, 15) is 14.7 Å². The molecule has 0 saturated heterocycles. The van der Waals surface area contributed by atoms with Crippen molar-refractivity contribution in [3.63, 3.8) is 0 Å². The van der Waals surface area contributed by atoms with Crippen molar-refractivity contribution in [3.05, 3.63) is 59.2 Å². The Morgan fingerprint density at radius 1 is 0.905 bits per heavy atom. The van der Waals surface area contributed by atoms with E-state index in [4.69, 9.17) is 0 Å². The van der Waals surface area contributed by atoms with Crippen LogP contribution in [0.1, 0.15) is 46.0 Å². The quantitative estimate of drug-likeness (QED) is 0.859. The third-order valence-corrected chi connectivity index (χ3v) is 3.69. The van der Waals surface area contributed by atoms with Gasteiger partial charge in [0.2, 0.25) is 0 Å². The van der Waals surface area contributed by atoms with Crippen molar-refractivity contribution < 1.29 is 14.7 Å². The minimum absolute atomic E-state index is 0.0214. The van der Waals surface area contributed by atoms with Gasteiger partial charge in [0.05, 0.1) is 16.8 Å². The van der Waals surface area contributed by atoms with Crippen molar-refractivity contribution in [2.75, 3.05) is 4.90 Å². The topological polar surface area (TPSA) is 57.6 Å². The normalized spacial score (nSPS) is 14.0. The fraction of sp³-hybridized carbons (Fsp3) is 0.176. The summed E-state index contributed by atoms with van der Waals surface area (Å²) < 4.78 is 0. The summed E-state index contributed by atoms with van der Waals surface area (Å²) in [6.45, 7) is 4.17. The maximum atomic E-state index is 12.4. The maximum Gasteiger partial charge on any atom is 0.266 e. The molecule has 1 heterocycles. The highest BCUT2D eigenvalue weighted by atomic mass is 16.3. The SMILES string of the molecule is CC(C)c1ccc(N2C(=O)c3ccc(O)cc3C2=O)cc1. The Hall–Kier alpha value is -2.62. The molecule has 0 spiro atoms. The Morgan fingerprint density at radius 2 is 1.52 bits per heavy atom. The number of phenolic OH excluding ortho intramolecular Hbond substituents is 1. The van der Waals surface area contributed by atoms with Crippen LogP contribution in [-0.4, -0.2) is 16.9 Å². The highest BCUT2D eigenvalue weighted by Crippen LogP contribution is 2.31. The summed E-state index contributed by atoms with van der Waals surface area (Å²) in [6, 6.07) is 11.6. The number of imide groups is 1. The number of hydrogen-bond donors (Lipinski definition) is 1. The molecule has 4 heteroatoms. The number of aromatic hydroxyl groups is 1. The van der Waals surface area contributed by atoms with Gasteiger partial charge < -0.3 is 5.11 Å². The van der Waals surface area contributed by atoms with E-state index in [2.05, 4.69) is 13.8 Å². The van der Waals surface area contributed by atoms with Crippen molar-refractivity contribution in [2.45, 2.75) is 19.8 Å². The lowest BCUT2D eigenvalue weighted by atomic mass is 10.0. The van der Waals surface area contributed by atoms with Gasteiger partial charge in [-0.1, -0.05) is 26.0 Å². The van der Waals surface area contributed by atoms with Crippen LogP contribution in [-0.2, 0) is 0 Å². The molecule has 106 valence electrons. The van der Waals surface area contributed by atoms with Gasteiger partial charge >= 0.3 is 0 Å². The molecular formula is C17H15NO3. The van der Waals surface area contributed by atoms with Crippen LogP contribution >= 0.6 is 0 Å². The van der Waals surface area contributed by atoms with Crippen LogP contribution in [0.25, 0.3) is 0 Å². The molecule has 0 fully saturated rings. The zero-order chi connectivity index (χ0) is 15.1. The van der Waals surface area contributed by atoms with Crippen LogP contribution in [0.4, 0.5) is 5.69 Å². The lowest BCUT2D eigenvalue weighted by molar-refractivity contribution is 0.0926. The number of rotatable bonds is 2. The van der Waals surface area contributed by atoms with E-state index in [1.54, 1.807) is 12.1 Å². The van der Waals surface area contributed by atoms with Crippen LogP contribution < -0.4 is 4.90 Å². The number of phenols is 1. The Bertz CT molecular complexity index is 732. The van der Waals surface area contributed by atoms with E-state index in [0.29, 0.717) is 17.2 Å². The lowest BCUT2D eigenvalue weighted by Gasteiger charge is -2.15. The predicted molar refractivity (Wildman–Crippen MR) is 79.8 cm³/mol. The standard InChI is InChI=1S/C17H15NO3/c1-10(2)11-3-5-12(6-4-11)18-16(20)14-8-7-13(19)9-15(14)17(18)21/h3-10,19H,1-2H3. The van der Waals surface area contributed by atoms with Crippen molar-refractivity contribution in [2.24, 2.45) is 0 Å². The molecule has 0 unspecified atom stereocenters. The van der Waals surface area contributed by atoms with Crippen LogP contribution in [0.3, 0.4) is 0 Å². The van der Waals surface area contributed by atoms with Gasteiger partial charge in [0.25, 0.3) is 11.8 Å². The first-order valence-corrected chi connectivity index (χ1v) is 6.81. The summed E-state index contributed by atoms with van der Waals surface area (Å²) in [4.78, 5) is 25.9. The smallest absolute Gasteiger partial charge is 0.266 e. The van der Waals surface area contributed by atoms with E-state index < -0.39 is 5.91 Å². The highest BCUT2D eigenvalue weighted by Gasteiger charge is 2.36. The predicted octanol–water partition coefficient (Wildman–Crippen LogP) is 3.32. The van der Waals surface area contributed by atoms with Gasteiger partial charge in [0, 0.05) is 0 Å². The second-order valence-corrected chi connectivity index (χ2v) is 5.42. The number of amides is 2. The number of hydrogen-bond acceptors (Lipinski definition) is 3. The maximum absolute atomic E-state index is 12.4. The van der Waals surface area contributed by atoms with Gasteiger partial charge in [0.15, 0.2) is 0 Å². The molecule has 1 aliphatic rings. The first-order valence-electron chi connectivity index (χ1n) is 6.81. The average molecular weight is 281 g/mol. The molecule has 0 atom stereocenters. The van der Waals surface area contributed by atoms with Gasteiger partial charge in [-0.15, -0.1) is 0 Å². The molecule has 2 aromatic rings. The van der Waals surface area contributed by atoms with E-state index in [-0.39, 0.29) is 17.2 Å². The summed E-state index contributed by atoms with van der Waals surface area (Å²) in [5, 5.41) is 9.47. The zero-order valence-corrected chi connectivity index (χ0v) is 11.8. The van der Waals surface area contributed by atoms with Gasteiger partial charge in [-0.05, 0) is 41.8 Å². The van der Waals surface area contributed by atoms with E-state index in [1.165, 1.54) is 18.2 Å². The first-order chi connectivity index (χ1) is 9.99. The second kappa shape index (κ2) is 4.74. The van der Waals surface area contributed by atoms with E-state index >= 15 is 0 Å². The number of carbonyl (C=O) groups excluding carboxylic acids is 2. The molecule has 0 aliphatic carbocycles. The molecule has 2 aromatic carbocycles. The minimum atomic E-state index is -0.400. The van der Waals surface area contributed by atoms with Crippen molar-refractivity contribution in [1.29, 1.82) is 0 Å². The molecule has 21 heavy (non-hydrogen) atoms. The molecule has 0 saturated carbocycles. The molecule has 3 rings (SSSR count). The summed E-state index contributed by atoms with van der Waals surface area (Å²) in [5.74, 6) is -0.388. The molecule has 2 amide bonds. The van der Waals surface area contributed by atoms with Gasteiger partial charge in [-0.2, -0.15) is 0 Å². The van der Waals surface area contributed by atoms with Crippen LogP contribution in [0, 0.1) is 0 Å². The Labute approximate surface area is 122 Å². The van der Waals surface area contributed by atoms with Crippen LogP contribution in [0.2, 0.25) is 0 Å². The van der Waals surface area contributed by atoms with Crippen molar-refractivity contribution >= 4 is 17.5 Å². The van der Waals surface area contributed by atoms with Crippen molar-refractivity contribution in [1.82, 2.24) is 0 Å². The molecule has 0 radical (unpaired) electrons. The number of benzene rings is 2. The Kier molecular flexibility index (Phi) is 3.01. The van der Waals surface area contributed by atoms with Crippen molar-refractivity contribution in [3.8, 4) is 5.75 Å². The Morgan fingerprint density at radius 3 is 2.14 bits per heavy atom. The third kappa shape index (κ3) is 2.09. The minimum Gasteiger partial charge on any atom is -0.508 e. The zero-order valence-electron chi connectivity index (χ0n) is 11.8. The number of anilines is 1. The molecule has 1 N–H and O–H groups in total. The average Bonchev–Trinajstić information content (AvgIpc) is 2.70. The monoisotopic (exact) mass is 281 g/mol. The highest BCUT2D eigenvalue weighted by molar-refractivity contribution is 6.34. The number of fused-ring (bicyclic) bond motifs is 1. The summed E-state index contributed by atoms with van der Waals surface area (Å²) >= 11 is 0. The second-order valence-electron chi connectivity index (χ2n) is 5.42. The summed E-state index contributed by atoms with van der Waals surface area (Å²) in [6.07, 6.45) is 0. The van der Waals surface area contributed by atoms with Crippen LogP contribution in [0.5, 0.6) is 5.75 Å². The third-order valence-electron chi connectivity index (χ3n) is 3.69. The van der Waals surface area contributed by atoms with Gasteiger partial charge in [-0.25, -0.2) is 4.90 Å². The first kappa shape index (κ1) is 13.4. The lowest BCUT2D eigenvalue weighted by Crippen LogP contribution is -2.29. The van der Waals surface area contributed by atoms with Gasteiger partial charge in [0.1, 0.15) is 5.75 Å². The fourth-order valence-corrected chi connectivity index (χ4v) is 2.47. The molecular weight excluding hydrogens is 266 g/mol. The number of carbonyl (C=O) groups is 2. The molecule has 4 nitrogen and oxygen atoms in total. The molecule has 0 bridgehead atoms. The van der Waals surface area contributed by atoms with E-state index in [1.807, 2.05) is 12.1 Å². The number of nitrogens with zero attached hydrogens (tertiary/aromatic N) is 1. The summed E-state index contributed by atoms with van der Waals surface area (Å²) in [5.41, 5.74) is 2.26. The molecule has 0 aromatic heterocycles.